The molecule has 1 N–H and O–H groups in total. The van der Waals surface area contributed by atoms with Gasteiger partial charge < -0.3 is 9.05 Å². The van der Waals surface area contributed by atoms with Crippen molar-refractivity contribution in [2.24, 2.45) is 11.8 Å². The Hall–Kier alpha value is -0.600. The van der Waals surface area contributed by atoms with Gasteiger partial charge in [0.05, 0.1) is 12.4 Å². The number of rotatable bonds is 4. The molecule has 0 saturated heterocycles. The first-order valence-electron chi connectivity index (χ1n) is 6.80. The molecular weight excluding hydrogens is 249 g/mol. The van der Waals surface area contributed by atoms with Gasteiger partial charge in [-0.15, -0.1) is 0 Å². The lowest BCUT2D eigenvalue weighted by atomic mass is 9.79. The van der Waals surface area contributed by atoms with Crippen molar-refractivity contribution in [3.05, 3.63) is 12.3 Å². The largest absolute Gasteiger partial charge is 0.439 e. The molecule has 18 heavy (non-hydrogen) atoms. The van der Waals surface area contributed by atoms with Gasteiger partial charge in [-0.2, -0.15) is 0 Å². The van der Waals surface area contributed by atoms with Crippen molar-refractivity contribution in [3.8, 4) is 0 Å². The van der Waals surface area contributed by atoms with Crippen LogP contribution in [0.25, 0.3) is 0 Å². The summed E-state index contributed by atoms with van der Waals surface area (Å²) in [5.74, 6) is 1.19. The van der Waals surface area contributed by atoms with Gasteiger partial charge in [0.25, 0.3) is 5.91 Å². The second kappa shape index (κ2) is 6.53. The van der Waals surface area contributed by atoms with Crippen LogP contribution in [0, 0.1) is 11.8 Å². The van der Waals surface area contributed by atoms with Crippen molar-refractivity contribution < 1.29 is 13.8 Å². The molecule has 0 spiro atoms. The summed E-state index contributed by atoms with van der Waals surface area (Å²) in [6.07, 6.45) is 9.02. The molecule has 0 aromatic heterocycles. The normalized spacial score (nSPS) is 36.0. The fourth-order valence-corrected chi connectivity index (χ4v) is 3.78. The van der Waals surface area contributed by atoms with Gasteiger partial charge in [-0.05, 0) is 31.1 Å². The fourth-order valence-electron chi connectivity index (χ4n) is 2.70. The number of carbonyl (C=O) groups is 1. The molecule has 1 saturated carbocycles. The second-order valence-electron chi connectivity index (χ2n) is 5.25. The van der Waals surface area contributed by atoms with Gasteiger partial charge in [-0.3, -0.25) is 9.88 Å². The van der Waals surface area contributed by atoms with Crippen LogP contribution in [-0.4, -0.2) is 12.0 Å². The van der Waals surface area contributed by atoms with Crippen LogP contribution >= 0.6 is 8.53 Å². The molecule has 0 aromatic rings. The highest BCUT2D eigenvalue weighted by atomic mass is 31.2. The van der Waals surface area contributed by atoms with Crippen LogP contribution in [0.1, 0.15) is 46.0 Å². The molecule has 4 atom stereocenters. The summed E-state index contributed by atoms with van der Waals surface area (Å²) in [6.45, 7) is 4.48. The van der Waals surface area contributed by atoms with E-state index in [0.717, 1.165) is 6.42 Å². The zero-order valence-corrected chi connectivity index (χ0v) is 12.0. The van der Waals surface area contributed by atoms with Gasteiger partial charge in [0.1, 0.15) is 0 Å². The standard InChI is InChI=1S/C13H22NO3P/c1-3-4-11-6-5-10(2)9-12(11)17-18-14-13(15)7-8-16-18/h7-8,10-12H,3-6,9H2,1-2H3,(H,14,15). The van der Waals surface area contributed by atoms with Crippen LogP contribution in [0.4, 0.5) is 0 Å². The van der Waals surface area contributed by atoms with E-state index in [9.17, 15) is 4.79 Å². The highest BCUT2D eigenvalue weighted by Gasteiger charge is 2.32. The predicted molar refractivity (Wildman–Crippen MR) is 71.6 cm³/mol. The minimum absolute atomic E-state index is 0.122. The number of carbonyl (C=O) groups excluding carboxylic acids is 1. The van der Waals surface area contributed by atoms with E-state index in [1.165, 1.54) is 38.0 Å². The topological polar surface area (TPSA) is 47.6 Å². The monoisotopic (exact) mass is 271 g/mol. The molecule has 0 aromatic carbocycles. The van der Waals surface area contributed by atoms with Gasteiger partial charge in [0, 0.05) is 6.08 Å². The molecule has 1 amide bonds. The number of hydrogen-bond donors (Lipinski definition) is 1. The Bertz CT molecular complexity index is 321. The van der Waals surface area contributed by atoms with Crippen molar-refractivity contribution in [1.82, 2.24) is 5.09 Å². The molecule has 5 heteroatoms. The first-order valence-corrected chi connectivity index (χ1v) is 7.97. The maximum absolute atomic E-state index is 11.2. The average molecular weight is 271 g/mol. The number of hydrogen-bond acceptors (Lipinski definition) is 3. The molecule has 4 nitrogen and oxygen atoms in total. The first kappa shape index (κ1) is 13.8. The second-order valence-corrected chi connectivity index (χ2v) is 6.41. The molecule has 1 heterocycles. The molecule has 0 radical (unpaired) electrons. The quantitative estimate of drug-likeness (QED) is 0.796. The van der Waals surface area contributed by atoms with Gasteiger partial charge in [-0.1, -0.05) is 26.7 Å². The lowest BCUT2D eigenvalue weighted by Crippen LogP contribution is -2.32. The van der Waals surface area contributed by atoms with Crippen molar-refractivity contribution in [2.45, 2.75) is 52.1 Å². The molecule has 0 bridgehead atoms. The number of nitrogens with one attached hydrogen (secondary N) is 1. The Labute approximate surface area is 110 Å². The van der Waals surface area contributed by atoms with Gasteiger partial charge in [0.2, 0.25) is 0 Å². The fraction of sp³-hybridized carbons (Fsp3) is 0.769. The third-order valence-electron chi connectivity index (χ3n) is 3.66. The summed E-state index contributed by atoms with van der Waals surface area (Å²) in [4.78, 5) is 11.2. The van der Waals surface area contributed by atoms with Gasteiger partial charge in [-0.25, -0.2) is 0 Å². The van der Waals surface area contributed by atoms with E-state index >= 15 is 0 Å². The van der Waals surface area contributed by atoms with Gasteiger partial charge >= 0.3 is 8.53 Å². The highest BCUT2D eigenvalue weighted by molar-refractivity contribution is 7.46. The average Bonchev–Trinajstić information content (AvgIpc) is 2.33. The van der Waals surface area contributed by atoms with Crippen LogP contribution < -0.4 is 5.09 Å². The predicted octanol–water partition coefficient (Wildman–Crippen LogP) is 3.49. The molecular formula is C13H22NO3P. The highest BCUT2D eigenvalue weighted by Crippen LogP contribution is 2.44. The third-order valence-corrected chi connectivity index (χ3v) is 4.84. The molecule has 2 aliphatic rings. The van der Waals surface area contributed by atoms with Crippen molar-refractivity contribution in [2.75, 3.05) is 0 Å². The summed E-state index contributed by atoms with van der Waals surface area (Å²) in [6, 6.07) is 0. The lowest BCUT2D eigenvalue weighted by Gasteiger charge is -2.36. The van der Waals surface area contributed by atoms with Crippen LogP contribution in [-0.2, 0) is 13.8 Å². The Kier molecular flexibility index (Phi) is 5.02. The minimum atomic E-state index is -1.28. The Morgan fingerprint density at radius 3 is 3.11 bits per heavy atom. The summed E-state index contributed by atoms with van der Waals surface area (Å²) in [7, 11) is -1.28. The number of amides is 1. The van der Waals surface area contributed by atoms with Crippen molar-refractivity contribution >= 4 is 14.4 Å². The molecule has 2 rings (SSSR count). The van der Waals surface area contributed by atoms with Crippen LogP contribution in [0.3, 0.4) is 0 Å². The summed E-state index contributed by atoms with van der Waals surface area (Å²) >= 11 is 0. The van der Waals surface area contributed by atoms with E-state index in [1.807, 2.05) is 0 Å². The summed E-state index contributed by atoms with van der Waals surface area (Å²) in [5.41, 5.74) is 0. The third kappa shape index (κ3) is 3.69. The smallest absolute Gasteiger partial charge is 0.352 e. The van der Waals surface area contributed by atoms with Crippen molar-refractivity contribution in [1.29, 1.82) is 0 Å². The van der Waals surface area contributed by atoms with E-state index in [0.29, 0.717) is 11.8 Å². The first-order chi connectivity index (χ1) is 8.69. The van der Waals surface area contributed by atoms with Gasteiger partial charge in [0.15, 0.2) is 0 Å². The Morgan fingerprint density at radius 1 is 1.56 bits per heavy atom. The molecule has 4 unspecified atom stereocenters. The minimum Gasteiger partial charge on any atom is -0.439 e. The molecule has 1 aliphatic heterocycles. The van der Waals surface area contributed by atoms with E-state index in [1.54, 1.807) is 0 Å². The summed E-state index contributed by atoms with van der Waals surface area (Å²) < 4.78 is 11.3. The molecule has 102 valence electrons. The molecule has 1 fully saturated rings. The maximum atomic E-state index is 11.2. The van der Waals surface area contributed by atoms with Crippen LogP contribution in [0.15, 0.2) is 12.3 Å². The Morgan fingerprint density at radius 2 is 2.39 bits per heavy atom. The lowest BCUT2D eigenvalue weighted by molar-refractivity contribution is -0.115. The van der Waals surface area contributed by atoms with Crippen LogP contribution in [0.2, 0.25) is 0 Å². The SMILES string of the molecule is CCCC1CCC(C)CC1OP1NC(=O)C=CO1. The zero-order valence-electron chi connectivity index (χ0n) is 11.1. The van der Waals surface area contributed by atoms with Crippen molar-refractivity contribution in [3.63, 3.8) is 0 Å². The van der Waals surface area contributed by atoms with E-state index in [-0.39, 0.29) is 12.0 Å². The maximum Gasteiger partial charge on any atom is 0.352 e. The van der Waals surface area contributed by atoms with Crippen LogP contribution in [0.5, 0.6) is 0 Å². The van der Waals surface area contributed by atoms with E-state index in [4.69, 9.17) is 9.05 Å². The summed E-state index contributed by atoms with van der Waals surface area (Å²) in [5, 5.41) is 2.74. The zero-order chi connectivity index (χ0) is 13.0. The van der Waals surface area contributed by atoms with E-state index in [2.05, 4.69) is 18.9 Å². The van der Waals surface area contributed by atoms with E-state index < -0.39 is 8.53 Å². The Balaban J connectivity index is 1.91. The molecule has 1 aliphatic carbocycles.